The van der Waals surface area contributed by atoms with Gasteiger partial charge in [0.15, 0.2) is 0 Å². The van der Waals surface area contributed by atoms with E-state index in [1.54, 1.807) is 24.4 Å². The highest BCUT2D eigenvalue weighted by molar-refractivity contribution is 6.31. The van der Waals surface area contributed by atoms with Crippen LogP contribution in [0.4, 0.5) is 0 Å². The third kappa shape index (κ3) is 2.60. The molecular weight excluding hydrogens is 252 g/mol. The van der Waals surface area contributed by atoms with E-state index in [0.29, 0.717) is 5.02 Å². The molecule has 0 bridgehead atoms. The number of hydrogen-bond donors (Lipinski definition) is 2. The standard InChI is InChI=1S/C13H13ClN2O2/c14-9-1-2-12-11(6-9)10(3-4-16-12)8(7-15)5-13(17)18/h1-4,6,8H,5,7,15H2,(H,17,18). The van der Waals surface area contributed by atoms with Crippen molar-refractivity contribution in [1.82, 2.24) is 4.98 Å². The number of carboxylic acids is 1. The zero-order valence-electron chi connectivity index (χ0n) is 9.64. The molecule has 18 heavy (non-hydrogen) atoms. The first-order chi connectivity index (χ1) is 8.61. The van der Waals surface area contributed by atoms with Crippen LogP contribution in [-0.2, 0) is 4.79 Å². The minimum Gasteiger partial charge on any atom is -0.481 e. The Labute approximate surface area is 109 Å². The summed E-state index contributed by atoms with van der Waals surface area (Å²) in [5, 5.41) is 10.4. The molecule has 0 aliphatic heterocycles. The van der Waals surface area contributed by atoms with Crippen molar-refractivity contribution in [3.63, 3.8) is 0 Å². The first kappa shape index (κ1) is 12.8. The molecule has 0 saturated carbocycles. The Morgan fingerprint density at radius 3 is 2.89 bits per heavy atom. The first-order valence-electron chi connectivity index (χ1n) is 5.58. The van der Waals surface area contributed by atoms with Gasteiger partial charge in [0.25, 0.3) is 0 Å². The van der Waals surface area contributed by atoms with Crippen molar-refractivity contribution in [3.05, 3.63) is 41.0 Å². The van der Waals surface area contributed by atoms with Gasteiger partial charge in [-0.15, -0.1) is 0 Å². The van der Waals surface area contributed by atoms with Gasteiger partial charge in [-0.3, -0.25) is 9.78 Å². The fourth-order valence-electron chi connectivity index (χ4n) is 2.03. The molecule has 1 aromatic carbocycles. The van der Waals surface area contributed by atoms with E-state index >= 15 is 0 Å². The molecule has 1 heterocycles. The highest BCUT2D eigenvalue weighted by Gasteiger charge is 2.16. The zero-order valence-corrected chi connectivity index (χ0v) is 10.4. The minimum atomic E-state index is -0.863. The highest BCUT2D eigenvalue weighted by Crippen LogP contribution is 2.28. The molecule has 0 amide bonds. The Hall–Kier alpha value is -1.65. The lowest BCUT2D eigenvalue weighted by Crippen LogP contribution is -2.16. The third-order valence-electron chi connectivity index (χ3n) is 2.88. The lowest BCUT2D eigenvalue weighted by atomic mass is 9.93. The molecular formula is C13H13ClN2O2. The van der Waals surface area contributed by atoms with Gasteiger partial charge in [0.1, 0.15) is 0 Å². The maximum atomic E-state index is 10.8. The number of nitrogens with zero attached hydrogens (tertiary/aromatic N) is 1. The van der Waals surface area contributed by atoms with Gasteiger partial charge in [-0.25, -0.2) is 0 Å². The summed E-state index contributed by atoms with van der Waals surface area (Å²) >= 11 is 5.97. The van der Waals surface area contributed by atoms with E-state index in [4.69, 9.17) is 22.4 Å². The number of carboxylic acid groups (broad SMARTS) is 1. The summed E-state index contributed by atoms with van der Waals surface area (Å²) in [4.78, 5) is 15.1. The molecule has 0 saturated heterocycles. The Bertz CT molecular complexity index is 586. The van der Waals surface area contributed by atoms with E-state index in [1.165, 1.54) is 0 Å². The Morgan fingerprint density at radius 1 is 1.44 bits per heavy atom. The summed E-state index contributed by atoms with van der Waals surface area (Å²) in [5.41, 5.74) is 7.34. The van der Waals surface area contributed by atoms with Crippen molar-refractivity contribution in [2.24, 2.45) is 5.73 Å². The second-order valence-electron chi connectivity index (χ2n) is 4.09. The predicted molar refractivity (Wildman–Crippen MR) is 70.8 cm³/mol. The highest BCUT2D eigenvalue weighted by atomic mass is 35.5. The summed E-state index contributed by atoms with van der Waals surface area (Å²) in [6.45, 7) is 0.276. The summed E-state index contributed by atoms with van der Waals surface area (Å²) in [6.07, 6.45) is 1.66. The van der Waals surface area contributed by atoms with Crippen LogP contribution < -0.4 is 5.73 Å². The molecule has 1 unspecified atom stereocenters. The first-order valence-corrected chi connectivity index (χ1v) is 5.95. The van der Waals surface area contributed by atoms with E-state index in [0.717, 1.165) is 16.5 Å². The fourth-order valence-corrected chi connectivity index (χ4v) is 2.20. The van der Waals surface area contributed by atoms with Crippen LogP contribution in [0.25, 0.3) is 10.9 Å². The number of pyridine rings is 1. The van der Waals surface area contributed by atoms with Gasteiger partial charge in [-0.05, 0) is 36.4 Å². The molecule has 4 nitrogen and oxygen atoms in total. The smallest absolute Gasteiger partial charge is 0.304 e. The van der Waals surface area contributed by atoms with E-state index in [1.807, 2.05) is 6.07 Å². The molecule has 2 rings (SSSR count). The van der Waals surface area contributed by atoms with Crippen molar-refractivity contribution >= 4 is 28.5 Å². The van der Waals surface area contributed by atoms with Crippen LogP contribution >= 0.6 is 11.6 Å². The molecule has 1 aromatic heterocycles. The predicted octanol–water partition coefficient (Wildman–Crippen LogP) is 2.41. The van der Waals surface area contributed by atoms with Crippen molar-refractivity contribution in [1.29, 1.82) is 0 Å². The monoisotopic (exact) mass is 264 g/mol. The number of aliphatic carboxylic acids is 1. The van der Waals surface area contributed by atoms with Gasteiger partial charge in [0.05, 0.1) is 11.9 Å². The average Bonchev–Trinajstić information content (AvgIpc) is 2.35. The summed E-state index contributed by atoms with van der Waals surface area (Å²) in [6, 6.07) is 7.17. The number of fused-ring (bicyclic) bond motifs is 1. The second kappa shape index (κ2) is 5.33. The van der Waals surface area contributed by atoms with Gasteiger partial charge in [0.2, 0.25) is 0 Å². The lowest BCUT2D eigenvalue weighted by molar-refractivity contribution is -0.137. The second-order valence-corrected chi connectivity index (χ2v) is 4.53. The number of halogens is 1. The maximum absolute atomic E-state index is 10.8. The van der Waals surface area contributed by atoms with Gasteiger partial charge < -0.3 is 10.8 Å². The summed E-state index contributed by atoms with van der Waals surface area (Å²) in [5.74, 6) is -1.09. The van der Waals surface area contributed by atoms with Gasteiger partial charge in [-0.2, -0.15) is 0 Å². The molecule has 1 atom stereocenters. The number of benzene rings is 1. The largest absolute Gasteiger partial charge is 0.481 e. The SMILES string of the molecule is NCC(CC(=O)O)c1ccnc2ccc(Cl)cc12. The Kier molecular flexibility index (Phi) is 3.79. The summed E-state index contributed by atoms with van der Waals surface area (Å²) < 4.78 is 0. The van der Waals surface area contributed by atoms with Crippen LogP contribution in [0.15, 0.2) is 30.5 Å². The number of hydrogen-bond acceptors (Lipinski definition) is 3. The number of aromatic nitrogens is 1. The van der Waals surface area contributed by atoms with Crippen LogP contribution in [0.1, 0.15) is 17.9 Å². The normalized spacial score (nSPS) is 12.6. The Balaban J connectivity index is 2.54. The van der Waals surface area contributed by atoms with Crippen molar-refractivity contribution < 1.29 is 9.90 Å². The van der Waals surface area contributed by atoms with Crippen LogP contribution in [0.2, 0.25) is 5.02 Å². The third-order valence-corrected chi connectivity index (χ3v) is 3.12. The van der Waals surface area contributed by atoms with Crippen LogP contribution in [0, 0.1) is 0 Å². The van der Waals surface area contributed by atoms with E-state index in [2.05, 4.69) is 4.98 Å². The molecule has 2 aromatic rings. The number of rotatable bonds is 4. The van der Waals surface area contributed by atoms with E-state index in [9.17, 15) is 4.79 Å². The molecule has 0 aliphatic rings. The molecule has 0 spiro atoms. The summed E-state index contributed by atoms with van der Waals surface area (Å²) in [7, 11) is 0. The van der Waals surface area contributed by atoms with Crippen molar-refractivity contribution in [2.75, 3.05) is 6.54 Å². The van der Waals surface area contributed by atoms with E-state index in [-0.39, 0.29) is 18.9 Å². The minimum absolute atomic E-state index is 0.00211. The van der Waals surface area contributed by atoms with Gasteiger partial charge >= 0.3 is 5.97 Å². The lowest BCUT2D eigenvalue weighted by Gasteiger charge is -2.15. The van der Waals surface area contributed by atoms with Crippen LogP contribution in [0.5, 0.6) is 0 Å². The number of carbonyl (C=O) groups is 1. The van der Waals surface area contributed by atoms with Crippen molar-refractivity contribution in [2.45, 2.75) is 12.3 Å². The fraction of sp³-hybridized carbons (Fsp3) is 0.231. The molecule has 3 N–H and O–H groups in total. The van der Waals surface area contributed by atoms with Crippen LogP contribution in [0.3, 0.4) is 0 Å². The molecule has 94 valence electrons. The van der Waals surface area contributed by atoms with Gasteiger partial charge in [0, 0.05) is 22.5 Å². The zero-order chi connectivity index (χ0) is 13.1. The molecule has 0 fully saturated rings. The van der Waals surface area contributed by atoms with Gasteiger partial charge in [-0.1, -0.05) is 11.6 Å². The molecule has 0 aliphatic carbocycles. The maximum Gasteiger partial charge on any atom is 0.304 e. The van der Waals surface area contributed by atoms with E-state index < -0.39 is 5.97 Å². The molecule has 0 radical (unpaired) electrons. The quantitative estimate of drug-likeness (QED) is 0.889. The molecule has 5 heteroatoms. The van der Waals surface area contributed by atoms with Crippen molar-refractivity contribution in [3.8, 4) is 0 Å². The topological polar surface area (TPSA) is 76.2 Å². The average molecular weight is 265 g/mol. The number of nitrogens with two attached hydrogens (primary N) is 1. The Morgan fingerprint density at radius 2 is 2.22 bits per heavy atom. The van der Waals surface area contributed by atoms with Crippen LogP contribution in [-0.4, -0.2) is 22.6 Å².